The van der Waals surface area contributed by atoms with Crippen LogP contribution < -0.4 is 0 Å². The number of aryl methyl sites for hydroxylation is 2. The van der Waals surface area contributed by atoms with Crippen molar-refractivity contribution in [3.8, 4) is 0 Å². The monoisotopic (exact) mass is 218 g/mol. The predicted molar refractivity (Wildman–Crippen MR) is 62.6 cm³/mol. The molecular formula is C13H14O3. The van der Waals surface area contributed by atoms with E-state index in [0.717, 1.165) is 35.5 Å². The third-order valence-corrected chi connectivity index (χ3v) is 2.40. The van der Waals surface area contributed by atoms with Crippen LogP contribution >= 0.6 is 0 Å². The summed E-state index contributed by atoms with van der Waals surface area (Å²) in [4.78, 5) is 21.2. The lowest BCUT2D eigenvalue weighted by Gasteiger charge is -2.08. The number of aldehydes is 1. The van der Waals surface area contributed by atoms with Crippen molar-refractivity contribution in [2.24, 2.45) is 0 Å². The van der Waals surface area contributed by atoms with Gasteiger partial charge in [0.05, 0.1) is 0 Å². The van der Waals surface area contributed by atoms with Crippen LogP contribution in [-0.4, -0.2) is 17.4 Å². The maximum Gasteiger partial charge on any atom is 0.328 e. The van der Waals surface area contributed by atoms with Crippen LogP contribution in [0.1, 0.15) is 34.0 Å². The Bertz CT molecular complexity index is 445. The maximum atomic E-state index is 10.7. The number of carboxylic acids is 1. The highest BCUT2D eigenvalue weighted by atomic mass is 16.4. The number of carbonyl (C=O) groups excluding carboxylic acids is 1. The Kier molecular flexibility index (Phi) is 4.00. The van der Waals surface area contributed by atoms with Gasteiger partial charge in [0.15, 0.2) is 0 Å². The third kappa shape index (κ3) is 2.79. The Morgan fingerprint density at radius 3 is 2.62 bits per heavy atom. The summed E-state index contributed by atoms with van der Waals surface area (Å²) in [6.07, 6.45) is 4.26. The Hall–Kier alpha value is -1.90. The molecule has 0 aliphatic carbocycles. The molecule has 0 aliphatic heterocycles. The van der Waals surface area contributed by atoms with Gasteiger partial charge in [-0.05, 0) is 48.2 Å². The number of hydrogen-bond acceptors (Lipinski definition) is 2. The van der Waals surface area contributed by atoms with E-state index in [0.29, 0.717) is 5.56 Å². The van der Waals surface area contributed by atoms with E-state index in [4.69, 9.17) is 5.11 Å². The van der Waals surface area contributed by atoms with Gasteiger partial charge in [0.25, 0.3) is 0 Å². The van der Waals surface area contributed by atoms with E-state index in [2.05, 4.69) is 0 Å². The molecule has 0 bridgehead atoms. The van der Waals surface area contributed by atoms with Crippen LogP contribution in [0.5, 0.6) is 0 Å². The van der Waals surface area contributed by atoms with Gasteiger partial charge in [-0.25, -0.2) is 4.79 Å². The zero-order valence-corrected chi connectivity index (χ0v) is 9.36. The zero-order chi connectivity index (χ0) is 12.1. The normalized spacial score (nSPS) is 10.6. The van der Waals surface area contributed by atoms with E-state index in [1.54, 1.807) is 18.2 Å². The molecule has 1 rings (SSSR count). The first kappa shape index (κ1) is 12.2. The highest BCUT2D eigenvalue weighted by Gasteiger charge is 2.04. The molecule has 1 aromatic carbocycles. The number of aliphatic carboxylic acids is 1. The lowest BCUT2D eigenvalue weighted by Crippen LogP contribution is -1.95. The molecule has 0 spiro atoms. The largest absolute Gasteiger partial charge is 0.478 e. The van der Waals surface area contributed by atoms with E-state index >= 15 is 0 Å². The van der Waals surface area contributed by atoms with E-state index in [1.165, 1.54) is 0 Å². The second kappa shape index (κ2) is 5.26. The Labute approximate surface area is 94.4 Å². The maximum absolute atomic E-state index is 10.7. The molecule has 0 saturated heterocycles. The summed E-state index contributed by atoms with van der Waals surface area (Å²) >= 11 is 0. The van der Waals surface area contributed by atoms with Crippen molar-refractivity contribution in [3.05, 3.63) is 40.5 Å². The minimum absolute atomic E-state index is 0.627. The molecule has 1 N–H and O–H groups in total. The van der Waals surface area contributed by atoms with Crippen LogP contribution in [0.4, 0.5) is 0 Å². The summed E-state index contributed by atoms with van der Waals surface area (Å²) < 4.78 is 0. The minimum atomic E-state index is -0.971. The van der Waals surface area contributed by atoms with Crippen molar-refractivity contribution in [2.45, 2.75) is 20.3 Å². The Morgan fingerprint density at radius 2 is 2.12 bits per heavy atom. The van der Waals surface area contributed by atoms with Crippen molar-refractivity contribution < 1.29 is 14.7 Å². The first-order valence-corrected chi connectivity index (χ1v) is 5.08. The number of carbonyl (C=O) groups is 2. The quantitative estimate of drug-likeness (QED) is 0.624. The first-order valence-electron chi connectivity index (χ1n) is 5.08. The van der Waals surface area contributed by atoms with E-state index in [-0.39, 0.29) is 0 Å². The van der Waals surface area contributed by atoms with Crippen molar-refractivity contribution in [3.63, 3.8) is 0 Å². The number of hydrogen-bond donors (Lipinski definition) is 1. The second-order valence-corrected chi connectivity index (χ2v) is 3.55. The van der Waals surface area contributed by atoms with Crippen LogP contribution in [0.15, 0.2) is 18.2 Å². The highest BCUT2D eigenvalue weighted by Crippen LogP contribution is 2.19. The fourth-order valence-electron chi connectivity index (χ4n) is 1.66. The van der Waals surface area contributed by atoms with Crippen LogP contribution in [0.3, 0.4) is 0 Å². The Morgan fingerprint density at radius 1 is 1.44 bits per heavy atom. The van der Waals surface area contributed by atoms with Crippen LogP contribution in [0.2, 0.25) is 0 Å². The van der Waals surface area contributed by atoms with Gasteiger partial charge in [-0.3, -0.25) is 4.79 Å². The van der Waals surface area contributed by atoms with Crippen molar-refractivity contribution >= 4 is 18.3 Å². The topological polar surface area (TPSA) is 54.4 Å². The van der Waals surface area contributed by atoms with Crippen molar-refractivity contribution in [1.82, 2.24) is 0 Å². The molecule has 0 fully saturated rings. The standard InChI is InChI=1S/C13H14O3/c1-3-11-7-10(8-14)6-9(2)12(11)4-5-13(15)16/h4-8H,3H2,1-2H3,(H,15,16)/b5-4+. The van der Waals surface area contributed by atoms with Gasteiger partial charge in [-0.15, -0.1) is 0 Å². The lowest BCUT2D eigenvalue weighted by atomic mass is 9.97. The van der Waals surface area contributed by atoms with Crippen LogP contribution in [0.25, 0.3) is 6.08 Å². The first-order chi connectivity index (χ1) is 7.58. The second-order valence-electron chi connectivity index (χ2n) is 3.55. The SMILES string of the molecule is CCc1cc(C=O)cc(C)c1/C=C/C(=O)O. The number of rotatable bonds is 4. The molecule has 3 heteroatoms. The zero-order valence-electron chi connectivity index (χ0n) is 9.36. The molecule has 3 nitrogen and oxygen atoms in total. The van der Waals surface area contributed by atoms with E-state index in [9.17, 15) is 9.59 Å². The molecule has 1 aromatic rings. The fraction of sp³-hybridized carbons (Fsp3) is 0.231. The molecule has 0 heterocycles. The van der Waals surface area contributed by atoms with Gasteiger partial charge < -0.3 is 5.11 Å². The van der Waals surface area contributed by atoms with Gasteiger partial charge in [0, 0.05) is 11.6 Å². The molecule has 0 saturated carbocycles. The van der Waals surface area contributed by atoms with E-state index in [1.807, 2.05) is 13.8 Å². The molecule has 0 radical (unpaired) electrons. The molecule has 0 aromatic heterocycles. The summed E-state index contributed by atoms with van der Waals surface area (Å²) in [5.74, 6) is -0.971. The smallest absolute Gasteiger partial charge is 0.328 e. The van der Waals surface area contributed by atoms with Gasteiger partial charge in [0.1, 0.15) is 6.29 Å². The molecule has 16 heavy (non-hydrogen) atoms. The van der Waals surface area contributed by atoms with Gasteiger partial charge >= 0.3 is 5.97 Å². The predicted octanol–water partition coefficient (Wildman–Crippen LogP) is 2.47. The average molecular weight is 218 g/mol. The summed E-state index contributed by atoms with van der Waals surface area (Å²) in [5, 5.41) is 8.59. The number of carboxylic acid groups (broad SMARTS) is 1. The minimum Gasteiger partial charge on any atom is -0.478 e. The summed E-state index contributed by atoms with van der Waals surface area (Å²) in [5.41, 5.74) is 3.41. The molecule has 0 amide bonds. The van der Waals surface area contributed by atoms with Gasteiger partial charge in [0.2, 0.25) is 0 Å². The third-order valence-electron chi connectivity index (χ3n) is 2.40. The fourth-order valence-corrected chi connectivity index (χ4v) is 1.66. The van der Waals surface area contributed by atoms with Crippen LogP contribution in [-0.2, 0) is 11.2 Å². The van der Waals surface area contributed by atoms with E-state index < -0.39 is 5.97 Å². The molecule has 84 valence electrons. The van der Waals surface area contributed by atoms with Crippen molar-refractivity contribution in [2.75, 3.05) is 0 Å². The molecule has 0 unspecified atom stereocenters. The summed E-state index contributed by atoms with van der Waals surface area (Å²) in [7, 11) is 0. The highest BCUT2D eigenvalue weighted by molar-refractivity contribution is 5.86. The molecular weight excluding hydrogens is 204 g/mol. The van der Waals surface area contributed by atoms with Crippen molar-refractivity contribution in [1.29, 1.82) is 0 Å². The van der Waals surface area contributed by atoms with Gasteiger partial charge in [-0.2, -0.15) is 0 Å². The lowest BCUT2D eigenvalue weighted by molar-refractivity contribution is -0.131. The summed E-state index contributed by atoms with van der Waals surface area (Å²) in [6, 6.07) is 3.55. The Balaban J connectivity index is 3.26. The van der Waals surface area contributed by atoms with Crippen LogP contribution in [0, 0.1) is 6.92 Å². The molecule has 0 aliphatic rings. The summed E-state index contributed by atoms with van der Waals surface area (Å²) in [6.45, 7) is 3.84. The molecule has 0 atom stereocenters. The number of benzene rings is 1. The average Bonchev–Trinajstić information content (AvgIpc) is 2.26. The van der Waals surface area contributed by atoms with Gasteiger partial charge in [-0.1, -0.05) is 6.92 Å².